The summed E-state index contributed by atoms with van der Waals surface area (Å²) in [6, 6.07) is 13.2. The number of likely N-dealkylation sites (tertiary alicyclic amines) is 1. The molecule has 0 aliphatic carbocycles. The van der Waals surface area contributed by atoms with Crippen LogP contribution in [-0.2, 0) is 9.59 Å². The normalized spacial score (nSPS) is 17.4. The van der Waals surface area contributed by atoms with Crippen molar-refractivity contribution in [3.63, 3.8) is 0 Å². The van der Waals surface area contributed by atoms with Crippen molar-refractivity contribution in [3.8, 4) is 0 Å². The summed E-state index contributed by atoms with van der Waals surface area (Å²) in [7, 11) is 0. The molecule has 3 rings (SSSR count). The SMILES string of the molecule is Cc1cc(C)cc(C(=O)N2CCCC(C(=O)N[C@H](C(=O)O)c3ccccc3)C2)c1. The number of aliphatic carboxylic acids is 1. The van der Waals surface area contributed by atoms with Crippen molar-refractivity contribution >= 4 is 17.8 Å². The van der Waals surface area contributed by atoms with Crippen LogP contribution in [-0.4, -0.2) is 40.9 Å². The lowest BCUT2D eigenvalue weighted by Crippen LogP contribution is -2.47. The maximum absolute atomic E-state index is 12.9. The van der Waals surface area contributed by atoms with Crippen LogP contribution in [0.5, 0.6) is 0 Å². The molecule has 0 bridgehead atoms. The van der Waals surface area contributed by atoms with Crippen molar-refractivity contribution in [2.75, 3.05) is 13.1 Å². The van der Waals surface area contributed by atoms with Gasteiger partial charge >= 0.3 is 5.97 Å². The lowest BCUT2D eigenvalue weighted by atomic mass is 9.95. The van der Waals surface area contributed by atoms with Crippen LogP contribution in [0.15, 0.2) is 48.5 Å². The Bertz CT molecular complexity index is 890. The molecule has 152 valence electrons. The highest BCUT2D eigenvalue weighted by Gasteiger charge is 2.31. The fraction of sp³-hybridized carbons (Fsp3) is 0.348. The van der Waals surface area contributed by atoms with Gasteiger partial charge in [0.1, 0.15) is 0 Å². The second-order valence-electron chi connectivity index (χ2n) is 7.66. The van der Waals surface area contributed by atoms with E-state index in [1.807, 2.05) is 32.0 Å². The maximum Gasteiger partial charge on any atom is 0.330 e. The predicted molar refractivity (Wildman–Crippen MR) is 110 cm³/mol. The number of amides is 2. The minimum absolute atomic E-state index is 0.0906. The van der Waals surface area contributed by atoms with Gasteiger partial charge in [0, 0.05) is 18.7 Å². The highest BCUT2D eigenvalue weighted by Crippen LogP contribution is 2.22. The first-order valence-electron chi connectivity index (χ1n) is 9.81. The van der Waals surface area contributed by atoms with Crippen molar-refractivity contribution < 1.29 is 19.5 Å². The summed E-state index contributed by atoms with van der Waals surface area (Å²) in [4.78, 5) is 39.1. The number of carboxylic acid groups (broad SMARTS) is 1. The lowest BCUT2D eigenvalue weighted by Gasteiger charge is -2.33. The van der Waals surface area contributed by atoms with Gasteiger partial charge in [-0.3, -0.25) is 9.59 Å². The van der Waals surface area contributed by atoms with Gasteiger partial charge in [0.25, 0.3) is 5.91 Å². The highest BCUT2D eigenvalue weighted by atomic mass is 16.4. The van der Waals surface area contributed by atoms with Crippen molar-refractivity contribution in [2.45, 2.75) is 32.7 Å². The number of rotatable bonds is 5. The molecule has 1 heterocycles. The minimum Gasteiger partial charge on any atom is -0.479 e. The van der Waals surface area contributed by atoms with Gasteiger partial charge in [0.2, 0.25) is 5.91 Å². The summed E-state index contributed by atoms with van der Waals surface area (Å²) in [5.41, 5.74) is 3.18. The van der Waals surface area contributed by atoms with Crippen molar-refractivity contribution in [3.05, 3.63) is 70.8 Å². The third-order valence-corrected chi connectivity index (χ3v) is 5.21. The molecule has 1 aliphatic heterocycles. The molecule has 6 nitrogen and oxygen atoms in total. The molecule has 1 unspecified atom stereocenters. The van der Waals surface area contributed by atoms with Gasteiger partial charge in [-0.05, 0) is 44.4 Å². The summed E-state index contributed by atoms with van der Waals surface area (Å²) in [6.07, 6.45) is 1.33. The molecule has 0 aromatic heterocycles. The molecular weight excluding hydrogens is 368 g/mol. The molecule has 6 heteroatoms. The van der Waals surface area contributed by atoms with Crippen LogP contribution in [0.3, 0.4) is 0 Å². The number of nitrogens with zero attached hydrogens (tertiary/aromatic N) is 1. The lowest BCUT2D eigenvalue weighted by molar-refractivity contribution is -0.143. The highest BCUT2D eigenvalue weighted by molar-refractivity contribution is 5.95. The predicted octanol–water partition coefficient (Wildman–Crippen LogP) is 3.10. The average Bonchev–Trinajstić information content (AvgIpc) is 2.71. The van der Waals surface area contributed by atoms with E-state index in [0.29, 0.717) is 37.1 Å². The van der Waals surface area contributed by atoms with Crippen LogP contribution in [0.2, 0.25) is 0 Å². The topological polar surface area (TPSA) is 86.7 Å². The Morgan fingerprint density at radius 2 is 1.72 bits per heavy atom. The van der Waals surface area contributed by atoms with E-state index in [2.05, 4.69) is 5.32 Å². The summed E-state index contributed by atoms with van der Waals surface area (Å²) >= 11 is 0. The number of carboxylic acids is 1. The molecule has 0 spiro atoms. The Kier molecular flexibility index (Phi) is 6.32. The van der Waals surface area contributed by atoms with Gasteiger partial charge in [-0.15, -0.1) is 0 Å². The van der Waals surface area contributed by atoms with Gasteiger partial charge in [0.05, 0.1) is 5.92 Å². The first-order chi connectivity index (χ1) is 13.8. The van der Waals surface area contributed by atoms with Gasteiger partial charge < -0.3 is 15.3 Å². The largest absolute Gasteiger partial charge is 0.479 e. The number of benzene rings is 2. The first kappa shape index (κ1) is 20.6. The Hall–Kier alpha value is -3.15. The van der Waals surface area contributed by atoms with Crippen molar-refractivity contribution in [1.29, 1.82) is 0 Å². The monoisotopic (exact) mass is 394 g/mol. The molecule has 2 N–H and O–H groups in total. The molecule has 2 aromatic rings. The summed E-state index contributed by atoms with van der Waals surface area (Å²) in [5.74, 6) is -1.96. The van der Waals surface area contributed by atoms with Crippen LogP contribution in [0.4, 0.5) is 0 Å². The molecule has 1 fully saturated rings. The van der Waals surface area contributed by atoms with Gasteiger partial charge in [-0.2, -0.15) is 0 Å². The van der Waals surface area contributed by atoms with Crippen molar-refractivity contribution in [1.82, 2.24) is 10.2 Å². The van der Waals surface area contributed by atoms with Gasteiger partial charge in [0.15, 0.2) is 6.04 Å². The minimum atomic E-state index is -1.11. The fourth-order valence-corrected chi connectivity index (χ4v) is 3.85. The molecule has 29 heavy (non-hydrogen) atoms. The number of hydrogen-bond acceptors (Lipinski definition) is 3. The van der Waals surface area contributed by atoms with E-state index < -0.39 is 17.9 Å². The van der Waals surface area contributed by atoms with Crippen molar-refractivity contribution in [2.24, 2.45) is 5.92 Å². The Morgan fingerprint density at radius 1 is 1.07 bits per heavy atom. The molecule has 0 saturated carbocycles. The van der Waals surface area contributed by atoms with Crippen LogP contribution >= 0.6 is 0 Å². The molecule has 2 amide bonds. The van der Waals surface area contributed by atoms with E-state index >= 15 is 0 Å². The van der Waals surface area contributed by atoms with Gasteiger partial charge in [-0.25, -0.2) is 4.79 Å². The number of hydrogen-bond donors (Lipinski definition) is 2. The first-order valence-corrected chi connectivity index (χ1v) is 9.81. The Morgan fingerprint density at radius 3 is 2.34 bits per heavy atom. The number of aryl methyl sites for hydroxylation is 2. The zero-order valence-electron chi connectivity index (χ0n) is 16.7. The number of piperidine rings is 1. The smallest absolute Gasteiger partial charge is 0.330 e. The number of carbonyl (C=O) groups is 3. The van der Waals surface area contributed by atoms with E-state index in [-0.39, 0.29) is 11.8 Å². The van der Waals surface area contributed by atoms with E-state index in [1.54, 1.807) is 35.2 Å². The molecule has 2 aromatic carbocycles. The number of nitrogens with one attached hydrogen (secondary N) is 1. The molecule has 1 aliphatic rings. The summed E-state index contributed by atoms with van der Waals surface area (Å²) in [6.45, 7) is 4.78. The second kappa shape index (κ2) is 8.90. The quantitative estimate of drug-likeness (QED) is 0.816. The Labute approximate surface area is 170 Å². The van der Waals surface area contributed by atoms with E-state index in [0.717, 1.165) is 11.1 Å². The standard InChI is InChI=1S/C23H26N2O4/c1-15-11-16(2)13-19(12-15)22(27)25-10-6-9-18(14-25)21(26)24-20(23(28)29)17-7-4-3-5-8-17/h3-5,7-8,11-13,18,20H,6,9-10,14H2,1-2H3,(H,24,26)(H,28,29)/t18?,20-/m0/s1. The zero-order chi connectivity index (χ0) is 21.0. The van der Waals surface area contributed by atoms with E-state index in [9.17, 15) is 19.5 Å². The van der Waals surface area contributed by atoms with Crippen LogP contribution < -0.4 is 5.32 Å². The summed E-state index contributed by atoms with van der Waals surface area (Å²) < 4.78 is 0. The molecule has 0 radical (unpaired) electrons. The third-order valence-electron chi connectivity index (χ3n) is 5.21. The second-order valence-corrected chi connectivity index (χ2v) is 7.66. The Balaban J connectivity index is 1.70. The van der Waals surface area contributed by atoms with E-state index in [4.69, 9.17) is 0 Å². The third kappa shape index (κ3) is 5.02. The molecular formula is C23H26N2O4. The number of carbonyl (C=O) groups excluding carboxylic acids is 2. The average molecular weight is 394 g/mol. The maximum atomic E-state index is 12.9. The zero-order valence-corrected chi connectivity index (χ0v) is 16.7. The molecule has 1 saturated heterocycles. The van der Waals surface area contributed by atoms with Crippen LogP contribution in [0, 0.1) is 19.8 Å². The van der Waals surface area contributed by atoms with E-state index in [1.165, 1.54) is 0 Å². The fourth-order valence-electron chi connectivity index (χ4n) is 3.85. The summed E-state index contributed by atoms with van der Waals surface area (Å²) in [5, 5.41) is 12.2. The van der Waals surface area contributed by atoms with Gasteiger partial charge in [-0.1, -0.05) is 47.5 Å². The molecule has 2 atom stereocenters. The van der Waals surface area contributed by atoms with Crippen LogP contribution in [0.25, 0.3) is 0 Å². The van der Waals surface area contributed by atoms with Crippen LogP contribution in [0.1, 0.15) is 45.9 Å².